The standard InChI is InChI=1S/C19H17ClFN3O5/c20-16-6-3-4-12(19(16)21)11-29-22-17-7-2-1-5-14(17)15-9-8-13(23(25)26)10-18(15)24(27)28/h3-4,6,8-10,14H,1-2,5,7,11H2/b22-17+. The molecule has 0 aromatic heterocycles. The number of nitrogens with zero attached hydrogens (tertiary/aromatic N) is 3. The van der Waals surface area contributed by atoms with E-state index < -0.39 is 21.6 Å². The van der Waals surface area contributed by atoms with Crippen molar-refractivity contribution >= 4 is 28.7 Å². The summed E-state index contributed by atoms with van der Waals surface area (Å²) in [6.07, 6.45) is 2.84. The first-order valence-corrected chi connectivity index (χ1v) is 9.30. The van der Waals surface area contributed by atoms with Crippen LogP contribution in [-0.4, -0.2) is 15.6 Å². The molecule has 1 fully saturated rings. The number of halogens is 2. The van der Waals surface area contributed by atoms with E-state index in [4.69, 9.17) is 16.4 Å². The fourth-order valence-corrected chi connectivity index (χ4v) is 3.58. The molecule has 1 unspecified atom stereocenters. The van der Waals surface area contributed by atoms with Crippen LogP contribution in [0.15, 0.2) is 41.6 Å². The molecular weight excluding hydrogens is 405 g/mol. The summed E-state index contributed by atoms with van der Waals surface area (Å²) in [5.74, 6) is -0.977. The van der Waals surface area contributed by atoms with Crippen molar-refractivity contribution in [1.82, 2.24) is 0 Å². The maximum atomic E-state index is 14.0. The largest absolute Gasteiger partial charge is 0.391 e. The predicted octanol–water partition coefficient (Wildman–Crippen LogP) is 5.53. The maximum absolute atomic E-state index is 14.0. The van der Waals surface area contributed by atoms with Crippen molar-refractivity contribution in [2.75, 3.05) is 0 Å². The van der Waals surface area contributed by atoms with Gasteiger partial charge in [0.15, 0.2) is 0 Å². The maximum Gasteiger partial charge on any atom is 0.280 e. The van der Waals surface area contributed by atoms with Crippen LogP contribution in [0.5, 0.6) is 0 Å². The Morgan fingerprint density at radius 3 is 2.69 bits per heavy atom. The minimum Gasteiger partial charge on any atom is -0.391 e. The van der Waals surface area contributed by atoms with E-state index in [1.807, 2.05) is 0 Å². The lowest BCUT2D eigenvalue weighted by Gasteiger charge is -2.23. The number of hydrogen-bond donors (Lipinski definition) is 0. The SMILES string of the molecule is O=[N+]([O-])c1ccc(C2CCCC/C2=N\OCc2cccc(Cl)c2F)c([N+](=O)[O-])c1. The van der Waals surface area contributed by atoms with E-state index in [-0.39, 0.29) is 28.6 Å². The predicted molar refractivity (Wildman–Crippen MR) is 105 cm³/mol. The number of oxime groups is 1. The summed E-state index contributed by atoms with van der Waals surface area (Å²) >= 11 is 5.75. The number of nitro groups is 2. The molecule has 1 atom stereocenters. The van der Waals surface area contributed by atoms with Crippen LogP contribution in [0.1, 0.15) is 42.7 Å². The molecule has 1 aliphatic carbocycles. The Bertz CT molecular complexity index is 982. The lowest BCUT2D eigenvalue weighted by molar-refractivity contribution is -0.394. The third-order valence-electron chi connectivity index (χ3n) is 4.81. The highest BCUT2D eigenvalue weighted by atomic mass is 35.5. The van der Waals surface area contributed by atoms with Gasteiger partial charge in [-0.3, -0.25) is 20.2 Å². The van der Waals surface area contributed by atoms with E-state index in [9.17, 15) is 24.6 Å². The van der Waals surface area contributed by atoms with Gasteiger partial charge in [-0.05, 0) is 31.4 Å². The van der Waals surface area contributed by atoms with E-state index in [1.54, 1.807) is 6.07 Å². The van der Waals surface area contributed by atoms with E-state index >= 15 is 0 Å². The Hall–Kier alpha value is -3.07. The summed E-state index contributed by atoms with van der Waals surface area (Å²) in [6.45, 7) is -0.134. The number of hydrogen-bond acceptors (Lipinski definition) is 6. The first-order chi connectivity index (χ1) is 13.9. The highest BCUT2D eigenvalue weighted by Gasteiger charge is 2.30. The van der Waals surface area contributed by atoms with Gasteiger partial charge in [-0.2, -0.15) is 0 Å². The van der Waals surface area contributed by atoms with Crippen LogP contribution in [0.2, 0.25) is 5.02 Å². The minimum atomic E-state index is -0.671. The molecule has 0 bridgehead atoms. The average Bonchev–Trinajstić information content (AvgIpc) is 2.71. The number of nitro benzene ring substituents is 2. The molecule has 1 aliphatic rings. The van der Waals surface area contributed by atoms with Gasteiger partial charge in [0.25, 0.3) is 11.4 Å². The van der Waals surface area contributed by atoms with Crippen LogP contribution in [0.4, 0.5) is 15.8 Å². The van der Waals surface area contributed by atoms with Crippen LogP contribution in [-0.2, 0) is 11.4 Å². The van der Waals surface area contributed by atoms with E-state index in [2.05, 4.69) is 5.16 Å². The van der Waals surface area contributed by atoms with Crippen LogP contribution in [0.3, 0.4) is 0 Å². The summed E-state index contributed by atoms with van der Waals surface area (Å²) < 4.78 is 14.0. The van der Waals surface area contributed by atoms with Gasteiger partial charge in [0.1, 0.15) is 12.4 Å². The molecule has 3 rings (SSSR count). The zero-order chi connectivity index (χ0) is 21.0. The molecule has 10 heteroatoms. The third kappa shape index (κ3) is 4.68. The lowest BCUT2D eigenvalue weighted by atomic mass is 9.81. The minimum absolute atomic E-state index is 0.0178. The molecule has 0 heterocycles. The van der Waals surface area contributed by atoms with Gasteiger partial charge in [-0.1, -0.05) is 35.3 Å². The van der Waals surface area contributed by atoms with Crippen LogP contribution in [0.25, 0.3) is 0 Å². The molecule has 0 saturated heterocycles. The zero-order valence-corrected chi connectivity index (χ0v) is 16.0. The van der Waals surface area contributed by atoms with E-state index in [1.165, 1.54) is 24.3 Å². The summed E-state index contributed by atoms with van der Waals surface area (Å²) in [7, 11) is 0. The monoisotopic (exact) mass is 421 g/mol. The molecule has 2 aromatic carbocycles. The smallest absolute Gasteiger partial charge is 0.280 e. The zero-order valence-electron chi connectivity index (χ0n) is 15.2. The topological polar surface area (TPSA) is 108 Å². The third-order valence-corrected chi connectivity index (χ3v) is 5.10. The highest BCUT2D eigenvalue weighted by molar-refractivity contribution is 6.30. The van der Waals surface area contributed by atoms with Crippen LogP contribution < -0.4 is 0 Å². The normalized spacial score (nSPS) is 17.9. The molecule has 152 valence electrons. The molecule has 0 aliphatic heterocycles. The van der Waals surface area contributed by atoms with Crippen LogP contribution >= 0.6 is 11.6 Å². The Morgan fingerprint density at radius 2 is 1.97 bits per heavy atom. The van der Waals surface area contributed by atoms with Crippen molar-refractivity contribution in [1.29, 1.82) is 0 Å². The second-order valence-corrected chi connectivity index (χ2v) is 7.03. The van der Waals surface area contributed by atoms with Gasteiger partial charge in [-0.25, -0.2) is 4.39 Å². The Labute approximate surface area is 170 Å². The second kappa shape index (κ2) is 8.95. The average molecular weight is 422 g/mol. The van der Waals surface area contributed by atoms with Gasteiger partial charge < -0.3 is 4.84 Å². The molecule has 0 amide bonds. The summed E-state index contributed by atoms with van der Waals surface area (Å²) in [5, 5.41) is 26.5. The molecule has 0 N–H and O–H groups in total. The fourth-order valence-electron chi connectivity index (χ4n) is 3.38. The first-order valence-electron chi connectivity index (χ1n) is 8.93. The van der Waals surface area contributed by atoms with Crippen LogP contribution in [0, 0.1) is 26.0 Å². The number of non-ortho nitro benzene ring substituents is 1. The lowest BCUT2D eigenvalue weighted by Crippen LogP contribution is -2.19. The second-order valence-electron chi connectivity index (χ2n) is 6.62. The summed E-state index contributed by atoms with van der Waals surface area (Å²) in [4.78, 5) is 26.4. The van der Waals surface area contributed by atoms with Crippen molar-refractivity contribution < 1.29 is 19.1 Å². The Balaban J connectivity index is 1.86. The fraction of sp³-hybridized carbons (Fsp3) is 0.316. The van der Waals surface area contributed by atoms with Crippen molar-refractivity contribution in [3.8, 4) is 0 Å². The number of rotatable bonds is 6. The van der Waals surface area contributed by atoms with Crippen molar-refractivity contribution in [2.45, 2.75) is 38.2 Å². The molecule has 2 aromatic rings. The van der Waals surface area contributed by atoms with Gasteiger partial charge in [0.05, 0.1) is 26.6 Å². The van der Waals surface area contributed by atoms with E-state index in [0.29, 0.717) is 24.1 Å². The Morgan fingerprint density at radius 1 is 1.17 bits per heavy atom. The number of benzene rings is 2. The summed E-state index contributed by atoms with van der Waals surface area (Å²) in [6, 6.07) is 8.16. The summed E-state index contributed by atoms with van der Waals surface area (Å²) in [5.41, 5.74) is 0.532. The molecule has 0 spiro atoms. The molecule has 8 nitrogen and oxygen atoms in total. The molecule has 1 saturated carbocycles. The van der Waals surface area contributed by atoms with Gasteiger partial charge >= 0.3 is 0 Å². The quantitative estimate of drug-likeness (QED) is 0.450. The van der Waals surface area contributed by atoms with Gasteiger partial charge in [0.2, 0.25) is 0 Å². The highest BCUT2D eigenvalue weighted by Crippen LogP contribution is 2.37. The first kappa shape index (κ1) is 20.7. The van der Waals surface area contributed by atoms with Crippen molar-refractivity contribution in [2.24, 2.45) is 5.16 Å². The molecule has 0 radical (unpaired) electrons. The Kier molecular flexibility index (Phi) is 6.38. The van der Waals surface area contributed by atoms with Crippen molar-refractivity contribution in [3.05, 3.63) is 78.6 Å². The van der Waals surface area contributed by atoms with Crippen molar-refractivity contribution in [3.63, 3.8) is 0 Å². The van der Waals surface area contributed by atoms with Gasteiger partial charge in [0, 0.05) is 23.1 Å². The molecular formula is C19H17ClFN3O5. The molecule has 29 heavy (non-hydrogen) atoms. The van der Waals surface area contributed by atoms with E-state index in [0.717, 1.165) is 18.9 Å². The van der Waals surface area contributed by atoms with Gasteiger partial charge in [-0.15, -0.1) is 0 Å².